The first-order valence-corrected chi connectivity index (χ1v) is 7.03. The SMILES string of the molecule is N#Cc1c(Cl)nc(N/N=C\c2ccc(Cl)cc2)c(Cl)c1Cl. The second-order valence-electron chi connectivity index (χ2n) is 3.79. The van der Waals surface area contributed by atoms with E-state index in [0.29, 0.717) is 5.02 Å². The van der Waals surface area contributed by atoms with Crippen LogP contribution in [0, 0.1) is 11.3 Å². The van der Waals surface area contributed by atoms with E-state index in [1.165, 1.54) is 0 Å². The highest BCUT2D eigenvalue weighted by Gasteiger charge is 2.15. The summed E-state index contributed by atoms with van der Waals surface area (Å²) in [7, 11) is 0. The van der Waals surface area contributed by atoms with Crippen LogP contribution in [0.2, 0.25) is 20.2 Å². The van der Waals surface area contributed by atoms with Crippen molar-refractivity contribution in [2.24, 2.45) is 5.10 Å². The summed E-state index contributed by atoms with van der Waals surface area (Å²) in [5.41, 5.74) is 3.48. The van der Waals surface area contributed by atoms with Crippen LogP contribution in [-0.2, 0) is 0 Å². The Hall–Kier alpha value is -1.51. The van der Waals surface area contributed by atoms with Gasteiger partial charge < -0.3 is 0 Å². The summed E-state index contributed by atoms with van der Waals surface area (Å²) in [6.45, 7) is 0. The number of anilines is 1. The molecule has 1 heterocycles. The monoisotopic (exact) mass is 358 g/mol. The minimum Gasteiger partial charge on any atom is -0.260 e. The summed E-state index contributed by atoms with van der Waals surface area (Å²) in [4.78, 5) is 3.93. The first kappa shape index (κ1) is 15.9. The molecule has 2 aromatic rings. The van der Waals surface area contributed by atoms with Gasteiger partial charge in [-0.15, -0.1) is 0 Å². The molecular weight excluding hydrogens is 354 g/mol. The average Bonchev–Trinajstić information content (AvgIpc) is 2.47. The maximum absolute atomic E-state index is 8.88. The van der Waals surface area contributed by atoms with Crippen molar-refractivity contribution < 1.29 is 0 Å². The fourth-order valence-corrected chi connectivity index (χ4v) is 2.19. The number of rotatable bonds is 3. The Bertz CT molecular complexity index is 735. The Morgan fingerprint density at radius 3 is 2.38 bits per heavy atom. The van der Waals surface area contributed by atoms with Gasteiger partial charge in [-0.05, 0) is 17.7 Å². The lowest BCUT2D eigenvalue weighted by molar-refractivity contribution is 1.22. The quantitative estimate of drug-likeness (QED) is 0.475. The van der Waals surface area contributed by atoms with Crippen molar-refractivity contribution in [2.45, 2.75) is 0 Å². The molecule has 0 fully saturated rings. The minimum atomic E-state index is -0.0453. The van der Waals surface area contributed by atoms with Gasteiger partial charge in [-0.1, -0.05) is 58.5 Å². The van der Waals surface area contributed by atoms with Crippen LogP contribution in [0.3, 0.4) is 0 Å². The molecule has 1 aromatic heterocycles. The smallest absolute Gasteiger partial charge is 0.168 e. The van der Waals surface area contributed by atoms with Crippen LogP contribution in [0.25, 0.3) is 0 Å². The Kier molecular flexibility index (Phi) is 5.27. The maximum Gasteiger partial charge on any atom is 0.168 e. The van der Waals surface area contributed by atoms with Gasteiger partial charge in [-0.25, -0.2) is 4.98 Å². The lowest BCUT2D eigenvalue weighted by Gasteiger charge is -2.06. The molecule has 0 saturated heterocycles. The van der Waals surface area contributed by atoms with Gasteiger partial charge in [-0.3, -0.25) is 5.43 Å². The molecule has 4 nitrogen and oxygen atoms in total. The number of hydrazone groups is 1. The molecule has 0 atom stereocenters. The lowest BCUT2D eigenvalue weighted by Crippen LogP contribution is -1.97. The summed E-state index contributed by atoms with van der Waals surface area (Å²) in [5.74, 6) is 0.163. The van der Waals surface area contributed by atoms with E-state index in [1.54, 1.807) is 30.5 Å². The van der Waals surface area contributed by atoms with Gasteiger partial charge in [0, 0.05) is 5.02 Å². The van der Waals surface area contributed by atoms with Crippen molar-refractivity contribution in [1.82, 2.24) is 4.98 Å². The highest BCUT2D eigenvalue weighted by Crippen LogP contribution is 2.34. The van der Waals surface area contributed by atoms with Gasteiger partial charge in [0.1, 0.15) is 16.7 Å². The first-order valence-electron chi connectivity index (χ1n) is 5.52. The van der Waals surface area contributed by atoms with E-state index in [4.69, 9.17) is 51.7 Å². The van der Waals surface area contributed by atoms with Crippen LogP contribution in [0.15, 0.2) is 29.4 Å². The second kappa shape index (κ2) is 6.97. The van der Waals surface area contributed by atoms with Crippen molar-refractivity contribution >= 4 is 58.4 Å². The predicted octanol–water partition coefficient (Wildman–Crippen LogP) is 5.01. The van der Waals surface area contributed by atoms with Crippen LogP contribution in [0.4, 0.5) is 5.82 Å². The topological polar surface area (TPSA) is 61.1 Å². The molecule has 21 heavy (non-hydrogen) atoms. The fourth-order valence-electron chi connectivity index (χ4n) is 1.39. The average molecular weight is 360 g/mol. The summed E-state index contributed by atoms with van der Waals surface area (Å²) < 4.78 is 0. The first-order chi connectivity index (χ1) is 10.0. The van der Waals surface area contributed by atoms with E-state index in [1.807, 2.05) is 6.07 Å². The zero-order valence-electron chi connectivity index (χ0n) is 10.2. The molecule has 0 saturated carbocycles. The Morgan fingerprint density at radius 2 is 1.76 bits per heavy atom. The summed E-state index contributed by atoms with van der Waals surface area (Å²) in [6.07, 6.45) is 1.55. The van der Waals surface area contributed by atoms with Gasteiger partial charge >= 0.3 is 0 Å². The van der Waals surface area contributed by atoms with E-state index in [0.717, 1.165) is 5.56 Å². The standard InChI is InChI=1S/C13H6Cl4N4/c14-8-3-1-7(2-4-8)6-19-21-13-11(16)10(15)9(5-18)12(17)20-13/h1-4,6H,(H,20,21)/b19-6-. The Morgan fingerprint density at radius 1 is 1.10 bits per heavy atom. The minimum absolute atomic E-state index is 0.0237. The number of nitriles is 1. The van der Waals surface area contributed by atoms with E-state index in [2.05, 4.69) is 15.5 Å². The van der Waals surface area contributed by atoms with E-state index < -0.39 is 0 Å². The van der Waals surface area contributed by atoms with Crippen molar-refractivity contribution in [3.63, 3.8) is 0 Å². The van der Waals surface area contributed by atoms with Gasteiger partial charge in [0.15, 0.2) is 11.0 Å². The molecule has 106 valence electrons. The molecule has 0 aliphatic carbocycles. The summed E-state index contributed by atoms with van der Waals surface area (Å²) in [6, 6.07) is 8.89. The van der Waals surface area contributed by atoms with Crippen molar-refractivity contribution in [1.29, 1.82) is 5.26 Å². The normalized spacial score (nSPS) is 10.6. The number of aromatic nitrogens is 1. The second-order valence-corrected chi connectivity index (χ2v) is 5.34. The molecule has 1 N–H and O–H groups in total. The van der Waals surface area contributed by atoms with E-state index in [9.17, 15) is 0 Å². The molecular formula is C13H6Cl4N4. The summed E-state index contributed by atoms with van der Waals surface area (Å²) in [5, 5.41) is 13.6. The van der Waals surface area contributed by atoms with Gasteiger partial charge in [0.25, 0.3) is 0 Å². The summed E-state index contributed by atoms with van der Waals surface area (Å²) >= 11 is 23.5. The number of hydrogen-bond donors (Lipinski definition) is 1. The maximum atomic E-state index is 8.88. The van der Waals surface area contributed by atoms with Gasteiger partial charge in [0.05, 0.1) is 11.2 Å². The number of pyridine rings is 1. The number of halogens is 4. The number of benzene rings is 1. The number of hydrogen-bond acceptors (Lipinski definition) is 4. The number of nitrogens with one attached hydrogen (secondary N) is 1. The highest BCUT2D eigenvalue weighted by molar-refractivity contribution is 6.45. The third-order valence-electron chi connectivity index (χ3n) is 2.40. The number of nitrogens with zero attached hydrogens (tertiary/aromatic N) is 3. The van der Waals surface area contributed by atoms with Crippen molar-refractivity contribution in [3.05, 3.63) is 55.6 Å². The Labute approximate surface area is 140 Å². The molecule has 0 unspecified atom stereocenters. The molecule has 0 aliphatic rings. The van der Waals surface area contributed by atoms with Crippen LogP contribution < -0.4 is 5.43 Å². The highest BCUT2D eigenvalue weighted by atomic mass is 35.5. The van der Waals surface area contributed by atoms with Crippen LogP contribution in [-0.4, -0.2) is 11.2 Å². The largest absolute Gasteiger partial charge is 0.260 e. The predicted molar refractivity (Wildman–Crippen MR) is 86.7 cm³/mol. The molecule has 0 amide bonds. The van der Waals surface area contributed by atoms with E-state index in [-0.39, 0.29) is 26.6 Å². The molecule has 0 bridgehead atoms. The molecule has 1 aromatic carbocycles. The fraction of sp³-hybridized carbons (Fsp3) is 0. The molecule has 0 aliphatic heterocycles. The zero-order chi connectivity index (χ0) is 15.4. The van der Waals surface area contributed by atoms with Gasteiger partial charge in [0.2, 0.25) is 0 Å². The third-order valence-corrected chi connectivity index (χ3v) is 3.77. The lowest BCUT2D eigenvalue weighted by atomic mass is 10.2. The van der Waals surface area contributed by atoms with Crippen molar-refractivity contribution in [2.75, 3.05) is 5.43 Å². The third kappa shape index (κ3) is 3.78. The van der Waals surface area contributed by atoms with Crippen LogP contribution in [0.5, 0.6) is 0 Å². The molecule has 2 rings (SSSR count). The Balaban J connectivity index is 2.21. The molecule has 0 radical (unpaired) electrons. The van der Waals surface area contributed by atoms with Crippen molar-refractivity contribution in [3.8, 4) is 6.07 Å². The van der Waals surface area contributed by atoms with Crippen LogP contribution >= 0.6 is 46.4 Å². The zero-order valence-corrected chi connectivity index (χ0v) is 13.3. The van der Waals surface area contributed by atoms with E-state index >= 15 is 0 Å². The molecule has 0 spiro atoms. The van der Waals surface area contributed by atoms with Gasteiger partial charge in [-0.2, -0.15) is 10.4 Å². The van der Waals surface area contributed by atoms with Crippen LogP contribution in [0.1, 0.15) is 11.1 Å². The molecule has 8 heteroatoms.